The normalized spacial score (nSPS) is 14.3. The number of amides is 4. The van der Waals surface area contributed by atoms with E-state index in [0.29, 0.717) is 17.9 Å². The number of hydrogen-bond acceptors (Lipinski definition) is 5. The molecule has 4 amide bonds. The smallest absolute Gasteiger partial charge is 0.408 e. The number of carbonyl (C=O) groups excluding carboxylic acids is 4. The van der Waals surface area contributed by atoms with E-state index >= 15 is 0 Å². The zero-order chi connectivity index (χ0) is 28.6. The molecule has 9 nitrogen and oxygen atoms in total. The minimum Gasteiger partial charge on any atom is -0.444 e. The molecule has 1 aromatic rings. The molecular weight excluding hydrogens is 472 g/mol. The first kappa shape index (κ1) is 31.9. The molecule has 0 spiro atoms. The van der Waals surface area contributed by atoms with Crippen molar-refractivity contribution < 1.29 is 23.9 Å². The highest BCUT2D eigenvalue weighted by atomic mass is 16.6. The Kier molecular flexibility index (Phi) is 11.6. The fourth-order valence-electron chi connectivity index (χ4n) is 3.86. The molecule has 37 heavy (non-hydrogen) atoms. The predicted octanol–water partition coefficient (Wildman–Crippen LogP) is 4.06. The largest absolute Gasteiger partial charge is 0.444 e. The van der Waals surface area contributed by atoms with Crippen LogP contribution in [-0.4, -0.2) is 51.9 Å². The first-order valence-electron chi connectivity index (χ1n) is 12.9. The van der Waals surface area contributed by atoms with E-state index in [1.54, 1.807) is 45.0 Å². The van der Waals surface area contributed by atoms with Crippen LogP contribution in [0.4, 0.5) is 4.79 Å². The Morgan fingerprint density at radius 1 is 0.946 bits per heavy atom. The number of alkyl carbamates (subject to hydrolysis) is 1. The van der Waals surface area contributed by atoms with Crippen molar-refractivity contribution in [3.05, 3.63) is 35.9 Å². The van der Waals surface area contributed by atoms with E-state index < -0.39 is 47.6 Å². The van der Waals surface area contributed by atoms with E-state index in [1.807, 2.05) is 33.8 Å². The fourth-order valence-corrected chi connectivity index (χ4v) is 3.86. The molecule has 3 unspecified atom stereocenters. The second kappa shape index (κ2) is 13.4. The van der Waals surface area contributed by atoms with Crippen molar-refractivity contribution in [2.75, 3.05) is 0 Å². The predicted molar refractivity (Wildman–Crippen MR) is 144 cm³/mol. The zero-order valence-electron chi connectivity index (χ0n) is 23.9. The van der Waals surface area contributed by atoms with Gasteiger partial charge in [0.15, 0.2) is 0 Å². The van der Waals surface area contributed by atoms with Crippen molar-refractivity contribution in [3.8, 4) is 0 Å². The summed E-state index contributed by atoms with van der Waals surface area (Å²) in [6, 6.07) is 6.31. The van der Waals surface area contributed by atoms with Crippen LogP contribution in [0.3, 0.4) is 0 Å². The highest BCUT2D eigenvalue weighted by molar-refractivity contribution is 5.94. The average molecular weight is 519 g/mol. The molecule has 0 aliphatic carbocycles. The Morgan fingerprint density at radius 3 is 1.97 bits per heavy atom. The molecule has 0 saturated carbocycles. The molecule has 9 heteroatoms. The Hall–Kier alpha value is -3.10. The van der Waals surface area contributed by atoms with Gasteiger partial charge in [0.25, 0.3) is 0 Å². The van der Waals surface area contributed by atoms with Crippen molar-refractivity contribution >= 4 is 23.8 Å². The molecule has 1 rings (SSSR count). The Balaban J connectivity index is 3.60. The van der Waals surface area contributed by atoms with Gasteiger partial charge in [-0.15, -0.1) is 0 Å². The van der Waals surface area contributed by atoms with Crippen molar-refractivity contribution in [1.29, 1.82) is 0 Å². The molecule has 0 aliphatic rings. The number of nitrogens with zero attached hydrogens (tertiary/aromatic N) is 1. The highest BCUT2D eigenvalue weighted by Gasteiger charge is 2.40. The molecule has 3 atom stereocenters. The van der Waals surface area contributed by atoms with Crippen LogP contribution in [0.5, 0.6) is 0 Å². The van der Waals surface area contributed by atoms with E-state index in [0.717, 1.165) is 6.42 Å². The minimum absolute atomic E-state index is 0.362. The second-order valence-electron chi connectivity index (χ2n) is 12.0. The summed E-state index contributed by atoms with van der Waals surface area (Å²) in [7, 11) is 0. The van der Waals surface area contributed by atoms with Crippen LogP contribution in [0.2, 0.25) is 0 Å². The fraction of sp³-hybridized carbons (Fsp3) is 0.643. The van der Waals surface area contributed by atoms with Crippen LogP contribution in [0.25, 0.3) is 0 Å². The maximum Gasteiger partial charge on any atom is 0.408 e. The summed E-state index contributed by atoms with van der Waals surface area (Å²) in [5.41, 5.74) is 4.71. The number of ether oxygens (including phenoxy) is 1. The number of hydrogen-bond donors (Lipinski definition) is 3. The zero-order valence-corrected chi connectivity index (χ0v) is 23.9. The summed E-state index contributed by atoms with van der Waals surface area (Å²) in [5.74, 6) is -1.34. The van der Waals surface area contributed by atoms with Crippen molar-refractivity contribution in [2.24, 2.45) is 11.7 Å². The number of nitrogens with one attached hydrogen (secondary N) is 2. The standard InChI is InChI=1S/C28H46N4O5/c1-18(2)15-16-19(3)32(23(20-13-11-10-12-14-20)24(34)31-27(4,5)6)25(35)21(17-22(29)33)30-26(36)37-28(7,8)9/h10-14,18-19,21,23H,15-17H2,1-9H3,(H2,29,33)(H,30,36)(H,31,34). The quantitative estimate of drug-likeness (QED) is 0.406. The summed E-state index contributed by atoms with van der Waals surface area (Å²) in [6.07, 6.45) is 0.143. The maximum absolute atomic E-state index is 14.1. The van der Waals surface area contributed by atoms with E-state index in [9.17, 15) is 19.2 Å². The molecule has 0 radical (unpaired) electrons. The number of carbonyl (C=O) groups is 4. The van der Waals surface area contributed by atoms with Gasteiger partial charge in [-0.1, -0.05) is 44.2 Å². The summed E-state index contributed by atoms with van der Waals surface area (Å²) in [6.45, 7) is 16.7. The molecule has 0 heterocycles. The van der Waals surface area contributed by atoms with Crippen LogP contribution in [-0.2, 0) is 19.1 Å². The van der Waals surface area contributed by atoms with Crippen LogP contribution < -0.4 is 16.4 Å². The Morgan fingerprint density at radius 2 is 1.51 bits per heavy atom. The lowest BCUT2D eigenvalue weighted by Crippen LogP contribution is -2.57. The average Bonchev–Trinajstić information content (AvgIpc) is 2.72. The SMILES string of the molecule is CC(C)CCC(C)N(C(=O)C(CC(N)=O)NC(=O)OC(C)(C)C)C(C(=O)NC(C)(C)C)c1ccccc1. The van der Waals surface area contributed by atoms with Crippen molar-refractivity contribution in [2.45, 2.75) is 111 Å². The molecule has 0 fully saturated rings. The van der Waals surface area contributed by atoms with Crippen molar-refractivity contribution in [3.63, 3.8) is 0 Å². The van der Waals surface area contributed by atoms with Gasteiger partial charge in [-0.2, -0.15) is 0 Å². The molecule has 0 aromatic heterocycles. The van der Waals surface area contributed by atoms with Gasteiger partial charge in [-0.3, -0.25) is 14.4 Å². The molecule has 4 N–H and O–H groups in total. The first-order chi connectivity index (χ1) is 16.9. The monoisotopic (exact) mass is 518 g/mol. The van der Waals surface area contributed by atoms with Gasteiger partial charge < -0.3 is 26.0 Å². The molecule has 0 aliphatic heterocycles. The van der Waals surface area contributed by atoms with E-state index in [1.165, 1.54) is 4.90 Å². The third-order valence-corrected chi connectivity index (χ3v) is 5.43. The van der Waals surface area contributed by atoms with Gasteiger partial charge in [0, 0.05) is 11.6 Å². The van der Waals surface area contributed by atoms with E-state index in [4.69, 9.17) is 10.5 Å². The summed E-state index contributed by atoms with van der Waals surface area (Å²) >= 11 is 0. The number of nitrogens with two attached hydrogens (primary N) is 1. The van der Waals surface area contributed by atoms with Gasteiger partial charge in [0.2, 0.25) is 17.7 Å². The van der Waals surface area contributed by atoms with Gasteiger partial charge in [0.1, 0.15) is 17.7 Å². The third kappa shape index (κ3) is 11.7. The number of benzene rings is 1. The molecule has 1 aromatic carbocycles. The number of primary amides is 1. The Bertz CT molecular complexity index is 919. The van der Waals surface area contributed by atoms with Gasteiger partial charge >= 0.3 is 6.09 Å². The third-order valence-electron chi connectivity index (χ3n) is 5.43. The minimum atomic E-state index is -1.30. The van der Waals surface area contributed by atoms with Gasteiger partial charge in [0.05, 0.1) is 6.42 Å². The topological polar surface area (TPSA) is 131 Å². The molecule has 0 saturated heterocycles. The number of rotatable bonds is 11. The second-order valence-corrected chi connectivity index (χ2v) is 12.0. The van der Waals surface area contributed by atoms with E-state index in [2.05, 4.69) is 24.5 Å². The van der Waals surface area contributed by atoms with Crippen LogP contribution in [0.1, 0.15) is 93.2 Å². The highest BCUT2D eigenvalue weighted by Crippen LogP contribution is 2.28. The van der Waals surface area contributed by atoms with Crippen LogP contribution in [0, 0.1) is 5.92 Å². The van der Waals surface area contributed by atoms with Gasteiger partial charge in [-0.25, -0.2) is 4.79 Å². The molecule has 0 bridgehead atoms. The summed E-state index contributed by atoms with van der Waals surface area (Å²) in [4.78, 5) is 53.8. The van der Waals surface area contributed by atoms with Gasteiger partial charge in [-0.05, 0) is 72.8 Å². The van der Waals surface area contributed by atoms with Crippen LogP contribution >= 0.6 is 0 Å². The molecule has 208 valence electrons. The molecular formula is C28H46N4O5. The van der Waals surface area contributed by atoms with E-state index in [-0.39, 0.29) is 11.9 Å². The van der Waals surface area contributed by atoms with Crippen molar-refractivity contribution in [1.82, 2.24) is 15.5 Å². The summed E-state index contributed by atoms with van der Waals surface area (Å²) < 4.78 is 5.33. The van der Waals surface area contributed by atoms with Crippen LogP contribution in [0.15, 0.2) is 30.3 Å². The Labute approximate surface area is 221 Å². The first-order valence-corrected chi connectivity index (χ1v) is 12.9. The maximum atomic E-state index is 14.1. The lowest BCUT2D eigenvalue weighted by atomic mass is 9.96. The lowest BCUT2D eigenvalue weighted by Gasteiger charge is -2.39. The lowest BCUT2D eigenvalue weighted by molar-refractivity contribution is -0.146. The summed E-state index contributed by atoms with van der Waals surface area (Å²) in [5, 5.41) is 5.50.